The number of hydrogen-bond donors (Lipinski definition) is 1. The van der Waals surface area contributed by atoms with E-state index in [2.05, 4.69) is 20.8 Å². The Bertz CT molecular complexity index is 205. The average Bonchev–Trinajstić information content (AvgIpc) is 2.15. The smallest absolute Gasteiger partial charge is 0.0365 e. The Labute approximate surface area is 90.1 Å². The Morgan fingerprint density at radius 2 is 1.93 bits per heavy atom. The molecule has 0 heterocycles. The van der Waals surface area contributed by atoms with Crippen molar-refractivity contribution in [1.82, 2.24) is 0 Å². The molecule has 0 aromatic carbocycles. The molecular weight excluding hydrogens is 194 g/mol. The second-order valence-electron chi connectivity index (χ2n) is 4.83. The van der Waals surface area contributed by atoms with Gasteiger partial charge in [0.05, 0.1) is 0 Å². The van der Waals surface area contributed by atoms with Crippen LogP contribution in [0.3, 0.4) is 0 Å². The Hall–Kier alpha value is 0.110. The number of hydrogen-bond acceptors (Lipinski definition) is 2. The summed E-state index contributed by atoms with van der Waals surface area (Å²) in [6, 6.07) is 0.289. The van der Waals surface area contributed by atoms with Crippen LogP contribution in [0.25, 0.3) is 0 Å². The molecule has 1 aliphatic rings. The maximum absolute atomic E-state index is 12.1. The van der Waals surface area contributed by atoms with Gasteiger partial charge in [0.1, 0.15) is 0 Å². The first kappa shape index (κ1) is 12.2. The topological polar surface area (TPSA) is 43.1 Å². The quantitative estimate of drug-likeness (QED) is 0.786. The van der Waals surface area contributed by atoms with Gasteiger partial charge in [-0.15, -0.1) is 0 Å². The zero-order valence-corrected chi connectivity index (χ0v) is 10.3. The minimum atomic E-state index is -0.682. The first-order valence-corrected chi connectivity index (χ1v) is 6.95. The Morgan fingerprint density at radius 3 is 2.43 bits per heavy atom. The Balaban J connectivity index is 2.51. The molecule has 3 heteroatoms. The van der Waals surface area contributed by atoms with Crippen molar-refractivity contribution < 1.29 is 4.21 Å². The van der Waals surface area contributed by atoms with Gasteiger partial charge < -0.3 is 5.73 Å². The van der Waals surface area contributed by atoms with Crippen LogP contribution >= 0.6 is 0 Å². The summed E-state index contributed by atoms with van der Waals surface area (Å²) in [6.07, 6.45) is 4.34. The van der Waals surface area contributed by atoms with E-state index in [9.17, 15) is 4.21 Å². The first-order valence-electron chi connectivity index (χ1n) is 5.67. The lowest BCUT2D eigenvalue weighted by atomic mass is 9.96. The molecule has 1 fully saturated rings. The van der Waals surface area contributed by atoms with Gasteiger partial charge in [-0.2, -0.15) is 0 Å². The summed E-state index contributed by atoms with van der Waals surface area (Å²) >= 11 is 0. The Kier molecular flexibility index (Phi) is 4.58. The van der Waals surface area contributed by atoms with Gasteiger partial charge in [-0.1, -0.05) is 27.2 Å². The van der Waals surface area contributed by atoms with Crippen molar-refractivity contribution in [2.24, 2.45) is 11.7 Å². The van der Waals surface area contributed by atoms with E-state index >= 15 is 0 Å². The minimum Gasteiger partial charge on any atom is -0.328 e. The highest BCUT2D eigenvalue weighted by molar-refractivity contribution is 7.86. The molecule has 0 bridgehead atoms. The van der Waals surface area contributed by atoms with E-state index in [1.165, 1.54) is 0 Å². The highest BCUT2D eigenvalue weighted by Crippen LogP contribution is 2.25. The SMILES string of the molecule is CC(C)C(C)S(=O)C1CCCC(N)C1. The highest BCUT2D eigenvalue weighted by atomic mass is 32.2. The summed E-state index contributed by atoms with van der Waals surface area (Å²) < 4.78 is 12.1. The second-order valence-corrected chi connectivity index (χ2v) is 6.89. The molecule has 0 radical (unpaired) electrons. The van der Waals surface area contributed by atoms with Crippen LogP contribution in [-0.4, -0.2) is 20.8 Å². The summed E-state index contributed by atoms with van der Waals surface area (Å²) in [5.41, 5.74) is 5.90. The van der Waals surface area contributed by atoms with E-state index in [0.717, 1.165) is 25.7 Å². The standard InChI is InChI=1S/C11H23NOS/c1-8(2)9(3)14(13)11-6-4-5-10(12)7-11/h8-11H,4-7,12H2,1-3H3. The Morgan fingerprint density at radius 1 is 1.29 bits per heavy atom. The third-order valence-corrected chi connectivity index (χ3v) is 5.66. The predicted octanol–water partition coefficient (Wildman–Crippen LogP) is 2.05. The molecule has 14 heavy (non-hydrogen) atoms. The molecule has 0 saturated heterocycles. The first-order chi connectivity index (χ1) is 6.52. The molecule has 2 nitrogen and oxygen atoms in total. The second kappa shape index (κ2) is 5.26. The van der Waals surface area contributed by atoms with Crippen molar-refractivity contribution in [3.8, 4) is 0 Å². The molecule has 1 aliphatic carbocycles. The number of rotatable bonds is 3. The van der Waals surface area contributed by atoms with Gasteiger partial charge in [0, 0.05) is 27.3 Å². The van der Waals surface area contributed by atoms with E-state index in [1.54, 1.807) is 0 Å². The highest BCUT2D eigenvalue weighted by Gasteiger charge is 2.28. The van der Waals surface area contributed by atoms with Gasteiger partial charge in [-0.05, 0) is 25.2 Å². The largest absolute Gasteiger partial charge is 0.328 e. The fourth-order valence-corrected chi connectivity index (χ4v) is 3.94. The van der Waals surface area contributed by atoms with Gasteiger partial charge in [0.25, 0.3) is 0 Å². The van der Waals surface area contributed by atoms with E-state index in [0.29, 0.717) is 16.4 Å². The van der Waals surface area contributed by atoms with Crippen molar-refractivity contribution in [2.75, 3.05) is 0 Å². The maximum atomic E-state index is 12.1. The third kappa shape index (κ3) is 3.06. The molecule has 0 amide bonds. The van der Waals surface area contributed by atoms with Crippen molar-refractivity contribution in [2.45, 2.75) is 63.0 Å². The van der Waals surface area contributed by atoms with E-state index in [-0.39, 0.29) is 6.04 Å². The van der Waals surface area contributed by atoms with E-state index in [4.69, 9.17) is 5.73 Å². The molecule has 1 saturated carbocycles. The molecule has 0 aliphatic heterocycles. The third-order valence-electron chi connectivity index (χ3n) is 3.30. The van der Waals surface area contributed by atoms with Crippen molar-refractivity contribution in [3.63, 3.8) is 0 Å². The van der Waals surface area contributed by atoms with Crippen molar-refractivity contribution >= 4 is 10.8 Å². The zero-order chi connectivity index (χ0) is 10.7. The van der Waals surface area contributed by atoms with Crippen LogP contribution in [0.2, 0.25) is 0 Å². The molecule has 4 unspecified atom stereocenters. The average molecular weight is 217 g/mol. The van der Waals surface area contributed by atoms with Crippen LogP contribution < -0.4 is 5.73 Å². The molecule has 1 rings (SSSR count). The van der Waals surface area contributed by atoms with Gasteiger partial charge in [0.15, 0.2) is 0 Å². The summed E-state index contributed by atoms with van der Waals surface area (Å²) in [4.78, 5) is 0. The van der Waals surface area contributed by atoms with Gasteiger partial charge in [-0.3, -0.25) is 4.21 Å². The van der Waals surface area contributed by atoms with Crippen molar-refractivity contribution in [3.05, 3.63) is 0 Å². The summed E-state index contributed by atoms with van der Waals surface area (Å²) in [6.45, 7) is 6.39. The van der Waals surface area contributed by atoms with Gasteiger partial charge in [0.2, 0.25) is 0 Å². The summed E-state index contributed by atoms with van der Waals surface area (Å²) in [7, 11) is -0.682. The fourth-order valence-electron chi connectivity index (χ4n) is 1.96. The molecule has 2 N–H and O–H groups in total. The van der Waals surface area contributed by atoms with Crippen molar-refractivity contribution in [1.29, 1.82) is 0 Å². The fraction of sp³-hybridized carbons (Fsp3) is 1.00. The maximum Gasteiger partial charge on any atom is 0.0365 e. The molecule has 84 valence electrons. The lowest BCUT2D eigenvalue weighted by molar-refractivity contribution is 0.440. The van der Waals surface area contributed by atoms with Gasteiger partial charge >= 0.3 is 0 Å². The van der Waals surface area contributed by atoms with Crippen LogP contribution in [0, 0.1) is 5.92 Å². The van der Waals surface area contributed by atoms with Crippen LogP contribution in [0.4, 0.5) is 0 Å². The molecule has 4 atom stereocenters. The summed E-state index contributed by atoms with van der Waals surface area (Å²) in [5, 5.41) is 0.668. The minimum absolute atomic E-state index is 0.289. The number of nitrogens with two attached hydrogens (primary N) is 1. The van der Waals surface area contributed by atoms with Crippen LogP contribution in [0.5, 0.6) is 0 Å². The van der Waals surface area contributed by atoms with Gasteiger partial charge in [-0.25, -0.2) is 0 Å². The monoisotopic (exact) mass is 217 g/mol. The predicted molar refractivity (Wildman–Crippen MR) is 62.7 cm³/mol. The summed E-state index contributed by atoms with van der Waals surface area (Å²) in [5.74, 6) is 0.508. The van der Waals surface area contributed by atoms with E-state index in [1.807, 2.05) is 0 Å². The van der Waals surface area contributed by atoms with Crippen LogP contribution in [-0.2, 0) is 10.8 Å². The molecule has 0 aromatic rings. The molecule has 0 aromatic heterocycles. The zero-order valence-electron chi connectivity index (χ0n) is 9.53. The van der Waals surface area contributed by atoms with E-state index < -0.39 is 10.8 Å². The van der Waals surface area contributed by atoms with Crippen LogP contribution in [0.1, 0.15) is 46.5 Å². The lowest BCUT2D eigenvalue weighted by Gasteiger charge is -2.29. The van der Waals surface area contributed by atoms with Crippen LogP contribution in [0.15, 0.2) is 0 Å². The molecule has 0 spiro atoms. The molecular formula is C11H23NOS. The normalized spacial score (nSPS) is 32.9. The lowest BCUT2D eigenvalue weighted by Crippen LogP contribution is -2.36.